The van der Waals surface area contributed by atoms with E-state index in [1.807, 2.05) is 4.52 Å². The quantitative estimate of drug-likeness (QED) is 0.910. The molecule has 1 N–H and O–H groups in total. The highest BCUT2D eigenvalue weighted by Gasteiger charge is 2.24. The summed E-state index contributed by atoms with van der Waals surface area (Å²) < 4.78 is 7.47. The second-order valence-electron chi connectivity index (χ2n) is 4.79. The summed E-state index contributed by atoms with van der Waals surface area (Å²) >= 11 is 1.58. The summed E-state index contributed by atoms with van der Waals surface area (Å²) in [5.74, 6) is 0.842. The molecule has 7 heteroatoms. The maximum Gasteiger partial charge on any atom is 0.234 e. The average Bonchev–Trinajstić information content (AvgIpc) is 3.01. The van der Waals surface area contributed by atoms with Crippen LogP contribution in [0.15, 0.2) is 0 Å². The fraction of sp³-hybridized carbons (Fsp3) is 0.727. The van der Waals surface area contributed by atoms with Crippen LogP contribution in [-0.4, -0.2) is 32.5 Å². The molecule has 0 bridgehead atoms. The molecule has 1 saturated heterocycles. The Morgan fingerprint density at radius 2 is 2.39 bits per heavy atom. The van der Waals surface area contributed by atoms with Crippen LogP contribution in [0.1, 0.15) is 43.6 Å². The minimum absolute atomic E-state index is 0.0630. The Morgan fingerprint density at radius 1 is 1.50 bits per heavy atom. The molecule has 3 heterocycles. The van der Waals surface area contributed by atoms with Crippen molar-refractivity contribution >= 4 is 16.3 Å². The zero-order valence-electron chi connectivity index (χ0n) is 10.6. The number of nitrogens with one attached hydrogen (secondary N) is 1. The summed E-state index contributed by atoms with van der Waals surface area (Å²) in [6.45, 7) is 5.83. The third kappa shape index (κ3) is 2.25. The molecule has 0 radical (unpaired) electrons. The van der Waals surface area contributed by atoms with Crippen molar-refractivity contribution in [3.8, 4) is 0 Å². The SMILES string of the molecule is CC(C)NCc1nn2c(C3CCCO3)nnc2s1. The second-order valence-corrected chi connectivity index (χ2v) is 5.83. The van der Waals surface area contributed by atoms with Crippen molar-refractivity contribution in [2.75, 3.05) is 6.61 Å². The molecule has 1 aliphatic rings. The van der Waals surface area contributed by atoms with Crippen molar-refractivity contribution in [1.29, 1.82) is 0 Å². The summed E-state index contributed by atoms with van der Waals surface area (Å²) in [5.41, 5.74) is 0. The minimum Gasteiger partial charge on any atom is -0.370 e. The van der Waals surface area contributed by atoms with Crippen LogP contribution in [0.3, 0.4) is 0 Å². The number of fused-ring (bicyclic) bond motifs is 1. The first-order chi connectivity index (χ1) is 8.74. The highest BCUT2D eigenvalue weighted by atomic mass is 32.1. The first kappa shape index (κ1) is 12.0. The Bertz CT molecular complexity index is 529. The summed E-state index contributed by atoms with van der Waals surface area (Å²) in [7, 11) is 0. The number of hydrogen-bond donors (Lipinski definition) is 1. The van der Waals surface area contributed by atoms with E-state index in [0.717, 1.165) is 41.8 Å². The topological polar surface area (TPSA) is 64.3 Å². The molecule has 0 saturated carbocycles. The highest BCUT2D eigenvalue weighted by Crippen LogP contribution is 2.28. The van der Waals surface area contributed by atoms with E-state index < -0.39 is 0 Å². The maximum atomic E-state index is 5.64. The molecule has 98 valence electrons. The lowest BCUT2D eigenvalue weighted by Gasteiger charge is -2.05. The molecule has 0 spiro atoms. The Labute approximate surface area is 109 Å². The Morgan fingerprint density at radius 3 is 3.11 bits per heavy atom. The number of nitrogens with zero attached hydrogens (tertiary/aromatic N) is 4. The Kier molecular flexibility index (Phi) is 3.27. The number of hydrogen-bond acceptors (Lipinski definition) is 6. The predicted octanol–water partition coefficient (Wildman–Crippen LogP) is 1.54. The van der Waals surface area contributed by atoms with Crippen LogP contribution in [-0.2, 0) is 11.3 Å². The van der Waals surface area contributed by atoms with E-state index in [9.17, 15) is 0 Å². The van der Waals surface area contributed by atoms with Crippen LogP contribution in [0, 0.1) is 0 Å². The van der Waals surface area contributed by atoms with E-state index in [1.165, 1.54) is 0 Å². The summed E-state index contributed by atoms with van der Waals surface area (Å²) in [5, 5.41) is 17.3. The molecular formula is C11H17N5OS. The molecule has 2 aromatic heterocycles. The molecule has 0 amide bonds. The van der Waals surface area contributed by atoms with Crippen LogP contribution in [0.4, 0.5) is 0 Å². The smallest absolute Gasteiger partial charge is 0.234 e. The van der Waals surface area contributed by atoms with E-state index in [0.29, 0.717) is 6.04 Å². The van der Waals surface area contributed by atoms with Crippen molar-refractivity contribution < 1.29 is 4.74 Å². The van der Waals surface area contributed by atoms with Crippen LogP contribution in [0.5, 0.6) is 0 Å². The normalized spacial score (nSPS) is 20.3. The second kappa shape index (κ2) is 4.91. The van der Waals surface area contributed by atoms with E-state index in [1.54, 1.807) is 11.3 Å². The van der Waals surface area contributed by atoms with E-state index in [2.05, 4.69) is 34.5 Å². The number of ether oxygens (including phenoxy) is 1. The van der Waals surface area contributed by atoms with Gasteiger partial charge < -0.3 is 10.1 Å². The summed E-state index contributed by atoms with van der Waals surface area (Å²) in [6.07, 6.45) is 2.16. The standard InChI is InChI=1S/C11H17N5OS/c1-7(2)12-6-9-15-16-10(8-4-3-5-17-8)13-14-11(16)18-9/h7-8,12H,3-6H2,1-2H3. The van der Waals surface area contributed by atoms with Gasteiger partial charge in [0.05, 0.1) is 0 Å². The van der Waals surface area contributed by atoms with Gasteiger partial charge in [-0.25, -0.2) is 0 Å². The lowest BCUT2D eigenvalue weighted by atomic mass is 10.2. The molecule has 1 fully saturated rings. The maximum absolute atomic E-state index is 5.64. The van der Waals surface area contributed by atoms with Gasteiger partial charge in [0, 0.05) is 19.2 Å². The lowest BCUT2D eigenvalue weighted by Crippen LogP contribution is -2.21. The molecular weight excluding hydrogens is 250 g/mol. The Balaban J connectivity index is 1.83. The number of rotatable bonds is 4. The van der Waals surface area contributed by atoms with Crippen molar-refractivity contribution in [2.24, 2.45) is 0 Å². The van der Waals surface area contributed by atoms with Gasteiger partial charge in [-0.1, -0.05) is 25.2 Å². The van der Waals surface area contributed by atoms with Crippen LogP contribution >= 0.6 is 11.3 Å². The molecule has 1 atom stereocenters. The largest absolute Gasteiger partial charge is 0.370 e. The van der Waals surface area contributed by atoms with Gasteiger partial charge in [0.15, 0.2) is 5.82 Å². The monoisotopic (exact) mass is 267 g/mol. The van der Waals surface area contributed by atoms with Crippen LogP contribution in [0.25, 0.3) is 4.96 Å². The molecule has 3 rings (SSSR count). The predicted molar refractivity (Wildman–Crippen MR) is 68.6 cm³/mol. The summed E-state index contributed by atoms with van der Waals surface area (Å²) in [4.78, 5) is 0.848. The van der Waals surface area contributed by atoms with Crippen molar-refractivity contribution in [3.05, 3.63) is 10.8 Å². The third-order valence-electron chi connectivity index (χ3n) is 2.94. The van der Waals surface area contributed by atoms with Gasteiger partial charge in [0.2, 0.25) is 4.96 Å². The van der Waals surface area contributed by atoms with E-state index >= 15 is 0 Å². The molecule has 1 unspecified atom stereocenters. The van der Waals surface area contributed by atoms with Gasteiger partial charge in [0.25, 0.3) is 0 Å². The first-order valence-corrected chi connectivity index (χ1v) is 7.11. The van der Waals surface area contributed by atoms with Crippen molar-refractivity contribution in [1.82, 2.24) is 25.1 Å². The summed E-state index contributed by atoms with van der Waals surface area (Å²) in [6, 6.07) is 0.456. The highest BCUT2D eigenvalue weighted by molar-refractivity contribution is 7.16. The zero-order chi connectivity index (χ0) is 12.5. The number of aromatic nitrogens is 4. The first-order valence-electron chi connectivity index (χ1n) is 6.30. The molecule has 18 heavy (non-hydrogen) atoms. The fourth-order valence-electron chi connectivity index (χ4n) is 2.02. The van der Waals surface area contributed by atoms with Gasteiger partial charge in [-0.05, 0) is 12.8 Å². The van der Waals surface area contributed by atoms with Crippen LogP contribution in [0.2, 0.25) is 0 Å². The van der Waals surface area contributed by atoms with Crippen LogP contribution < -0.4 is 5.32 Å². The van der Waals surface area contributed by atoms with E-state index in [-0.39, 0.29) is 6.10 Å². The third-order valence-corrected chi connectivity index (χ3v) is 3.83. The molecule has 2 aromatic rings. The van der Waals surface area contributed by atoms with Gasteiger partial charge in [0.1, 0.15) is 11.1 Å². The fourth-order valence-corrected chi connectivity index (χ4v) is 2.81. The molecule has 6 nitrogen and oxygen atoms in total. The minimum atomic E-state index is 0.0630. The van der Waals surface area contributed by atoms with Gasteiger partial charge in [-0.15, -0.1) is 10.2 Å². The van der Waals surface area contributed by atoms with E-state index in [4.69, 9.17) is 4.74 Å². The zero-order valence-corrected chi connectivity index (χ0v) is 11.4. The van der Waals surface area contributed by atoms with Gasteiger partial charge in [-0.3, -0.25) is 0 Å². The molecule has 0 aromatic carbocycles. The Hall–Kier alpha value is -1.05. The van der Waals surface area contributed by atoms with Crippen molar-refractivity contribution in [3.63, 3.8) is 0 Å². The molecule has 1 aliphatic heterocycles. The average molecular weight is 267 g/mol. The molecule has 0 aliphatic carbocycles. The lowest BCUT2D eigenvalue weighted by molar-refractivity contribution is 0.103. The van der Waals surface area contributed by atoms with Crippen molar-refractivity contribution in [2.45, 2.75) is 45.4 Å². The van der Waals surface area contributed by atoms with Gasteiger partial charge in [-0.2, -0.15) is 9.61 Å². The van der Waals surface area contributed by atoms with Gasteiger partial charge >= 0.3 is 0 Å².